The van der Waals surface area contributed by atoms with Crippen LogP contribution in [0.5, 0.6) is 5.75 Å². The minimum atomic E-state index is -0.0475. The second-order valence-corrected chi connectivity index (χ2v) is 3.86. The van der Waals surface area contributed by atoms with Crippen molar-refractivity contribution in [3.05, 3.63) is 28.3 Å². The number of ether oxygens (including phenoxy) is 1. The van der Waals surface area contributed by atoms with Gasteiger partial charge in [0.15, 0.2) is 0 Å². The molecule has 3 heteroatoms. The SMILES string of the molecule is Cc1ccc(Cl)c2c1C(N)C(C)O2. The summed E-state index contributed by atoms with van der Waals surface area (Å²) in [6, 6.07) is 3.77. The highest BCUT2D eigenvalue weighted by molar-refractivity contribution is 6.32. The zero-order valence-corrected chi connectivity index (χ0v) is 8.43. The lowest BCUT2D eigenvalue weighted by molar-refractivity contribution is 0.228. The molecule has 1 heterocycles. The molecule has 1 aliphatic heterocycles. The number of aryl methyl sites for hydroxylation is 1. The fourth-order valence-corrected chi connectivity index (χ4v) is 1.91. The fourth-order valence-electron chi connectivity index (χ4n) is 1.70. The minimum Gasteiger partial charge on any atom is -0.487 e. The first-order chi connectivity index (χ1) is 6.11. The maximum atomic E-state index is 5.99. The third-order valence-corrected chi connectivity index (χ3v) is 2.81. The van der Waals surface area contributed by atoms with E-state index in [9.17, 15) is 0 Å². The smallest absolute Gasteiger partial charge is 0.143 e. The van der Waals surface area contributed by atoms with E-state index in [4.69, 9.17) is 22.1 Å². The molecule has 0 bridgehead atoms. The summed E-state index contributed by atoms with van der Waals surface area (Å²) in [6.07, 6.45) is 0.0219. The number of rotatable bonds is 0. The van der Waals surface area contributed by atoms with Crippen LogP contribution in [0.15, 0.2) is 12.1 Å². The number of benzene rings is 1. The van der Waals surface area contributed by atoms with E-state index < -0.39 is 0 Å². The van der Waals surface area contributed by atoms with Gasteiger partial charge in [-0.2, -0.15) is 0 Å². The molecule has 13 heavy (non-hydrogen) atoms. The number of hydrogen-bond acceptors (Lipinski definition) is 2. The van der Waals surface area contributed by atoms with Crippen molar-refractivity contribution in [1.82, 2.24) is 0 Å². The largest absolute Gasteiger partial charge is 0.487 e. The van der Waals surface area contributed by atoms with Gasteiger partial charge >= 0.3 is 0 Å². The van der Waals surface area contributed by atoms with Crippen molar-refractivity contribution in [3.63, 3.8) is 0 Å². The molecule has 0 saturated heterocycles. The second-order valence-electron chi connectivity index (χ2n) is 3.46. The summed E-state index contributed by atoms with van der Waals surface area (Å²) < 4.78 is 5.57. The topological polar surface area (TPSA) is 35.2 Å². The molecule has 1 aromatic rings. The quantitative estimate of drug-likeness (QED) is 0.694. The summed E-state index contributed by atoms with van der Waals surface area (Å²) in [5.74, 6) is 0.765. The number of fused-ring (bicyclic) bond motifs is 1. The van der Waals surface area contributed by atoms with Crippen LogP contribution in [0.1, 0.15) is 24.1 Å². The highest BCUT2D eigenvalue weighted by Crippen LogP contribution is 2.42. The molecule has 70 valence electrons. The van der Waals surface area contributed by atoms with Crippen LogP contribution in [0.4, 0.5) is 0 Å². The Hall–Kier alpha value is -0.730. The normalized spacial score (nSPS) is 25.5. The Balaban J connectivity index is 2.61. The molecule has 1 aliphatic rings. The summed E-state index contributed by atoms with van der Waals surface area (Å²) >= 11 is 5.99. The predicted molar refractivity (Wildman–Crippen MR) is 53.2 cm³/mol. The summed E-state index contributed by atoms with van der Waals surface area (Å²) in [5, 5.41) is 0.653. The molecule has 2 nitrogen and oxygen atoms in total. The van der Waals surface area contributed by atoms with Crippen LogP contribution in [0.3, 0.4) is 0 Å². The lowest BCUT2D eigenvalue weighted by Gasteiger charge is -2.08. The maximum Gasteiger partial charge on any atom is 0.143 e. The van der Waals surface area contributed by atoms with Crippen molar-refractivity contribution in [1.29, 1.82) is 0 Å². The van der Waals surface area contributed by atoms with E-state index in [2.05, 4.69) is 0 Å². The average Bonchev–Trinajstić information content (AvgIpc) is 2.38. The van der Waals surface area contributed by atoms with Crippen LogP contribution < -0.4 is 10.5 Å². The summed E-state index contributed by atoms with van der Waals surface area (Å²) in [6.45, 7) is 3.98. The van der Waals surface area contributed by atoms with Gasteiger partial charge in [0.1, 0.15) is 11.9 Å². The molecule has 2 N–H and O–H groups in total. The van der Waals surface area contributed by atoms with Crippen LogP contribution in [0, 0.1) is 6.92 Å². The van der Waals surface area contributed by atoms with Crippen molar-refractivity contribution in [2.45, 2.75) is 26.0 Å². The summed E-state index contributed by atoms with van der Waals surface area (Å²) in [5.41, 5.74) is 8.18. The van der Waals surface area contributed by atoms with E-state index in [-0.39, 0.29) is 12.1 Å². The molecule has 2 rings (SSSR count). The van der Waals surface area contributed by atoms with E-state index in [1.165, 1.54) is 0 Å². The van der Waals surface area contributed by atoms with Gasteiger partial charge in [0.05, 0.1) is 11.1 Å². The molecule has 0 aromatic heterocycles. The van der Waals surface area contributed by atoms with Gasteiger partial charge in [-0.1, -0.05) is 17.7 Å². The van der Waals surface area contributed by atoms with Gasteiger partial charge in [0, 0.05) is 5.56 Å². The molecule has 1 aromatic carbocycles. The monoisotopic (exact) mass is 197 g/mol. The van der Waals surface area contributed by atoms with Crippen LogP contribution in [-0.4, -0.2) is 6.10 Å². The van der Waals surface area contributed by atoms with E-state index in [0.29, 0.717) is 5.02 Å². The van der Waals surface area contributed by atoms with Crippen LogP contribution in [0.25, 0.3) is 0 Å². The molecular weight excluding hydrogens is 186 g/mol. The predicted octanol–water partition coefficient (Wildman–Crippen LogP) is 2.43. The first-order valence-corrected chi connectivity index (χ1v) is 4.70. The van der Waals surface area contributed by atoms with E-state index in [1.807, 2.05) is 26.0 Å². The molecule has 2 atom stereocenters. The van der Waals surface area contributed by atoms with Crippen LogP contribution in [0.2, 0.25) is 5.02 Å². The summed E-state index contributed by atoms with van der Waals surface area (Å²) in [4.78, 5) is 0. The van der Waals surface area contributed by atoms with Crippen molar-refractivity contribution in [2.75, 3.05) is 0 Å². The van der Waals surface area contributed by atoms with Crippen molar-refractivity contribution >= 4 is 11.6 Å². The van der Waals surface area contributed by atoms with E-state index in [0.717, 1.165) is 16.9 Å². The Morgan fingerprint density at radius 3 is 2.77 bits per heavy atom. The number of hydrogen-bond donors (Lipinski definition) is 1. The second kappa shape index (κ2) is 2.89. The van der Waals surface area contributed by atoms with Crippen LogP contribution >= 0.6 is 11.6 Å². The molecule has 0 fully saturated rings. The molecule has 0 amide bonds. The Kier molecular flexibility index (Phi) is 1.97. The third kappa shape index (κ3) is 1.21. The minimum absolute atomic E-state index is 0.0219. The van der Waals surface area contributed by atoms with E-state index in [1.54, 1.807) is 0 Å². The van der Waals surface area contributed by atoms with Gasteiger partial charge < -0.3 is 10.5 Å². The maximum absolute atomic E-state index is 5.99. The van der Waals surface area contributed by atoms with Gasteiger partial charge in [0.2, 0.25) is 0 Å². The Morgan fingerprint density at radius 1 is 1.46 bits per heavy atom. The van der Waals surface area contributed by atoms with Crippen molar-refractivity contribution in [3.8, 4) is 5.75 Å². The first-order valence-electron chi connectivity index (χ1n) is 4.32. The van der Waals surface area contributed by atoms with Crippen molar-refractivity contribution in [2.24, 2.45) is 5.73 Å². The zero-order chi connectivity index (χ0) is 9.59. The van der Waals surface area contributed by atoms with Gasteiger partial charge in [-0.25, -0.2) is 0 Å². The standard InChI is InChI=1S/C10H12ClNO/c1-5-3-4-7(11)10-8(5)9(12)6(2)13-10/h3-4,6,9H,12H2,1-2H3. The number of nitrogens with two attached hydrogens (primary N) is 1. The Bertz CT molecular complexity index is 351. The lowest BCUT2D eigenvalue weighted by Crippen LogP contribution is -2.21. The van der Waals surface area contributed by atoms with Crippen LogP contribution in [-0.2, 0) is 0 Å². The Morgan fingerprint density at radius 2 is 2.15 bits per heavy atom. The highest BCUT2D eigenvalue weighted by atomic mass is 35.5. The fraction of sp³-hybridized carbons (Fsp3) is 0.400. The average molecular weight is 198 g/mol. The van der Waals surface area contributed by atoms with Gasteiger partial charge in [-0.05, 0) is 25.5 Å². The van der Waals surface area contributed by atoms with E-state index >= 15 is 0 Å². The Labute approximate surface area is 82.6 Å². The molecule has 0 spiro atoms. The van der Waals surface area contributed by atoms with Gasteiger partial charge in [-0.15, -0.1) is 0 Å². The molecule has 2 unspecified atom stereocenters. The molecule has 0 aliphatic carbocycles. The molecule has 0 saturated carbocycles. The molecular formula is C10H12ClNO. The third-order valence-electron chi connectivity index (χ3n) is 2.51. The first kappa shape index (κ1) is 8.85. The molecule has 0 radical (unpaired) electrons. The van der Waals surface area contributed by atoms with Crippen molar-refractivity contribution < 1.29 is 4.74 Å². The summed E-state index contributed by atoms with van der Waals surface area (Å²) in [7, 11) is 0. The van der Waals surface area contributed by atoms with Gasteiger partial charge in [-0.3, -0.25) is 0 Å². The van der Waals surface area contributed by atoms with Gasteiger partial charge in [0.25, 0.3) is 0 Å². The zero-order valence-electron chi connectivity index (χ0n) is 7.67. The lowest BCUT2D eigenvalue weighted by atomic mass is 10.0. The number of halogens is 1. The highest BCUT2D eigenvalue weighted by Gasteiger charge is 2.31.